The Bertz CT molecular complexity index is 373. The highest BCUT2D eigenvalue weighted by Gasteiger charge is 2.16. The zero-order valence-corrected chi connectivity index (χ0v) is 14.4. The minimum Gasteiger partial charge on any atom is -0.466 e. The van der Waals surface area contributed by atoms with Crippen LogP contribution in [0.2, 0.25) is 0 Å². The molecule has 0 spiro atoms. The van der Waals surface area contributed by atoms with Gasteiger partial charge >= 0.3 is 5.97 Å². The van der Waals surface area contributed by atoms with E-state index in [1.165, 1.54) is 5.57 Å². The Labute approximate surface area is 131 Å². The van der Waals surface area contributed by atoms with Gasteiger partial charge in [-0.2, -0.15) is 0 Å². The van der Waals surface area contributed by atoms with Crippen LogP contribution in [-0.2, 0) is 9.53 Å². The van der Waals surface area contributed by atoms with Crippen molar-refractivity contribution in [3.8, 4) is 0 Å². The predicted molar refractivity (Wildman–Crippen MR) is 91.1 cm³/mol. The number of hydrogen-bond donors (Lipinski definition) is 0. The standard InChI is InChI=1S/C19H32O2/c1-7-21-19(20)14-13-18(12-11-16(4)5)17(6)10-8-9-15(2)3/h9,11-12,17-18H,4,7-8,10,13-14H2,1-3,5-6H3. The molecule has 0 N–H and O–H groups in total. The molecule has 0 aliphatic rings. The summed E-state index contributed by atoms with van der Waals surface area (Å²) >= 11 is 0. The second-order valence-corrected chi connectivity index (χ2v) is 6.05. The van der Waals surface area contributed by atoms with E-state index < -0.39 is 0 Å². The highest BCUT2D eigenvalue weighted by molar-refractivity contribution is 5.69. The van der Waals surface area contributed by atoms with E-state index >= 15 is 0 Å². The van der Waals surface area contributed by atoms with E-state index in [0.29, 0.717) is 24.9 Å². The van der Waals surface area contributed by atoms with Crippen molar-refractivity contribution in [3.63, 3.8) is 0 Å². The molecule has 0 fully saturated rings. The Morgan fingerprint density at radius 3 is 2.43 bits per heavy atom. The molecule has 0 amide bonds. The first-order chi connectivity index (χ1) is 9.86. The smallest absolute Gasteiger partial charge is 0.305 e. The van der Waals surface area contributed by atoms with E-state index in [2.05, 4.69) is 45.6 Å². The van der Waals surface area contributed by atoms with Crippen molar-refractivity contribution in [1.29, 1.82) is 0 Å². The van der Waals surface area contributed by atoms with E-state index in [9.17, 15) is 4.79 Å². The van der Waals surface area contributed by atoms with Gasteiger partial charge in [-0.05, 0) is 58.8 Å². The third-order valence-corrected chi connectivity index (χ3v) is 3.52. The van der Waals surface area contributed by atoms with Crippen LogP contribution in [0.15, 0.2) is 36.0 Å². The lowest BCUT2D eigenvalue weighted by molar-refractivity contribution is -0.143. The van der Waals surface area contributed by atoms with Gasteiger partial charge in [-0.25, -0.2) is 0 Å². The summed E-state index contributed by atoms with van der Waals surface area (Å²) in [4.78, 5) is 11.5. The van der Waals surface area contributed by atoms with Crippen LogP contribution in [0.5, 0.6) is 0 Å². The molecule has 2 nitrogen and oxygen atoms in total. The summed E-state index contributed by atoms with van der Waals surface area (Å²) in [7, 11) is 0. The lowest BCUT2D eigenvalue weighted by Crippen LogP contribution is -2.13. The number of esters is 1. The molecule has 0 aliphatic heterocycles. The second-order valence-electron chi connectivity index (χ2n) is 6.05. The van der Waals surface area contributed by atoms with E-state index in [0.717, 1.165) is 24.8 Å². The number of ether oxygens (including phenoxy) is 1. The highest BCUT2D eigenvalue weighted by Crippen LogP contribution is 2.24. The van der Waals surface area contributed by atoms with Crippen LogP contribution in [0.25, 0.3) is 0 Å². The van der Waals surface area contributed by atoms with Crippen LogP contribution in [-0.4, -0.2) is 12.6 Å². The summed E-state index contributed by atoms with van der Waals surface area (Å²) in [6.45, 7) is 14.7. The normalized spacial score (nSPS) is 13.8. The Kier molecular flexibility index (Phi) is 10.7. The fourth-order valence-corrected chi connectivity index (χ4v) is 2.22. The minimum atomic E-state index is -0.0947. The summed E-state index contributed by atoms with van der Waals surface area (Å²) < 4.78 is 5.02. The van der Waals surface area contributed by atoms with Crippen LogP contribution < -0.4 is 0 Å². The molecule has 0 bridgehead atoms. The van der Waals surface area contributed by atoms with Gasteiger partial charge in [0.05, 0.1) is 6.61 Å². The van der Waals surface area contributed by atoms with E-state index in [4.69, 9.17) is 4.74 Å². The molecule has 0 aromatic rings. The van der Waals surface area contributed by atoms with Crippen molar-refractivity contribution in [2.75, 3.05) is 6.61 Å². The van der Waals surface area contributed by atoms with E-state index in [1.807, 2.05) is 13.8 Å². The molecule has 0 radical (unpaired) electrons. The zero-order valence-electron chi connectivity index (χ0n) is 14.4. The predicted octanol–water partition coefficient (Wildman–Crippen LogP) is 5.46. The number of carbonyl (C=O) groups is 1. The van der Waals surface area contributed by atoms with Crippen molar-refractivity contribution in [2.24, 2.45) is 11.8 Å². The Morgan fingerprint density at radius 1 is 1.24 bits per heavy atom. The second kappa shape index (κ2) is 11.4. The van der Waals surface area contributed by atoms with Crippen LogP contribution in [0.1, 0.15) is 60.3 Å². The average molecular weight is 292 g/mol. The highest BCUT2D eigenvalue weighted by atomic mass is 16.5. The van der Waals surface area contributed by atoms with Crippen LogP contribution in [0.4, 0.5) is 0 Å². The molecule has 0 aromatic heterocycles. The minimum absolute atomic E-state index is 0.0947. The molecule has 2 unspecified atom stereocenters. The molecule has 0 saturated heterocycles. The SMILES string of the molecule is C=C(C)C=CC(CCC(=O)OCC)C(C)CCC=C(C)C. The molecule has 0 aliphatic carbocycles. The first-order valence-electron chi connectivity index (χ1n) is 7.99. The molecule has 2 heteroatoms. The fourth-order valence-electron chi connectivity index (χ4n) is 2.22. The number of hydrogen-bond acceptors (Lipinski definition) is 2. The first kappa shape index (κ1) is 19.7. The van der Waals surface area contributed by atoms with E-state index in [-0.39, 0.29) is 5.97 Å². The van der Waals surface area contributed by atoms with Crippen molar-refractivity contribution < 1.29 is 9.53 Å². The molecule has 0 saturated carbocycles. The van der Waals surface area contributed by atoms with Crippen molar-refractivity contribution >= 4 is 5.97 Å². The zero-order chi connectivity index (χ0) is 16.3. The van der Waals surface area contributed by atoms with Crippen LogP contribution in [0.3, 0.4) is 0 Å². The molecule has 0 heterocycles. The summed E-state index contributed by atoms with van der Waals surface area (Å²) in [6.07, 6.45) is 10.1. The van der Waals surface area contributed by atoms with Crippen molar-refractivity contribution in [1.82, 2.24) is 0 Å². The summed E-state index contributed by atoms with van der Waals surface area (Å²) in [5.41, 5.74) is 2.41. The molecular formula is C19H32O2. The molecule has 2 atom stereocenters. The lowest BCUT2D eigenvalue weighted by Gasteiger charge is -2.20. The Balaban J connectivity index is 4.53. The number of carbonyl (C=O) groups excluding carboxylic acids is 1. The van der Waals surface area contributed by atoms with Gasteiger partial charge in [0, 0.05) is 6.42 Å². The van der Waals surface area contributed by atoms with Gasteiger partial charge in [0.15, 0.2) is 0 Å². The third kappa shape index (κ3) is 11.1. The molecule has 120 valence electrons. The van der Waals surface area contributed by atoms with Gasteiger partial charge in [-0.1, -0.05) is 42.9 Å². The molecule has 0 aromatic carbocycles. The lowest BCUT2D eigenvalue weighted by atomic mass is 9.85. The van der Waals surface area contributed by atoms with Gasteiger partial charge in [-0.15, -0.1) is 0 Å². The molecule has 0 rings (SSSR count). The number of rotatable bonds is 10. The van der Waals surface area contributed by atoms with E-state index in [1.54, 1.807) is 0 Å². The quantitative estimate of drug-likeness (QED) is 0.303. The third-order valence-electron chi connectivity index (χ3n) is 3.52. The first-order valence-corrected chi connectivity index (χ1v) is 7.99. The maximum Gasteiger partial charge on any atom is 0.305 e. The maximum atomic E-state index is 11.5. The summed E-state index contributed by atoms with van der Waals surface area (Å²) in [5.74, 6) is 0.852. The largest absolute Gasteiger partial charge is 0.466 e. The maximum absolute atomic E-state index is 11.5. The fraction of sp³-hybridized carbons (Fsp3) is 0.632. The monoisotopic (exact) mass is 292 g/mol. The van der Waals surface area contributed by atoms with Crippen molar-refractivity contribution in [2.45, 2.75) is 60.3 Å². The Hall–Kier alpha value is -1.31. The topological polar surface area (TPSA) is 26.3 Å². The Morgan fingerprint density at radius 2 is 1.90 bits per heavy atom. The molecular weight excluding hydrogens is 260 g/mol. The van der Waals surface area contributed by atoms with Crippen molar-refractivity contribution in [3.05, 3.63) is 36.0 Å². The average Bonchev–Trinajstić information content (AvgIpc) is 2.38. The van der Waals surface area contributed by atoms with Gasteiger partial charge < -0.3 is 4.74 Å². The summed E-state index contributed by atoms with van der Waals surface area (Å²) in [5, 5.41) is 0. The number of allylic oxidation sites excluding steroid dienone is 5. The van der Waals surface area contributed by atoms with Gasteiger partial charge in [0.1, 0.15) is 0 Å². The van der Waals surface area contributed by atoms with Gasteiger partial charge in [0.2, 0.25) is 0 Å². The van der Waals surface area contributed by atoms with Crippen LogP contribution in [0, 0.1) is 11.8 Å². The van der Waals surface area contributed by atoms with Gasteiger partial charge in [-0.3, -0.25) is 4.79 Å². The summed E-state index contributed by atoms with van der Waals surface area (Å²) in [6, 6.07) is 0. The molecule has 21 heavy (non-hydrogen) atoms. The van der Waals surface area contributed by atoms with Crippen LogP contribution >= 0.6 is 0 Å². The van der Waals surface area contributed by atoms with Gasteiger partial charge in [0.25, 0.3) is 0 Å².